The van der Waals surface area contributed by atoms with Crippen LogP contribution in [0, 0.1) is 0 Å². The van der Waals surface area contributed by atoms with Crippen molar-refractivity contribution in [3.63, 3.8) is 0 Å². The normalized spacial score (nSPS) is 18.4. The number of methoxy groups -OCH3 is 1. The third-order valence-corrected chi connectivity index (χ3v) is 6.64. The Hall–Kier alpha value is -1.83. The summed E-state index contributed by atoms with van der Waals surface area (Å²) in [5.74, 6) is 1.62. The Morgan fingerprint density at radius 3 is 2.75 bits per heavy atom. The summed E-state index contributed by atoms with van der Waals surface area (Å²) in [5.41, 5.74) is 1.11. The Balaban J connectivity index is 1.37. The van der Waals surface area contributed by atoms with Crippen LogP contribution < -0.4 is 14.8 Å². The fraction of sp³-hybridized carbons (Fsp3) is 0.720. The van der Waals surface area contributed by atoms with Gasteiger partial charge in [-0.25, -0.2) is 0 Å². The van der Waals surface area contributed by atoms with Gasteiger partial charge in [-0.1, -0.05) is 25.3 Å². The van der Waals surface area contributed by atoms with Gasteiger partial charge in [0.05, 0.1) is 7.11 Å². The van der Waals surface area contributed by atoms with Crippen molar-refractivity contribution >= 4 is 5.91 Å². The van der Waals surface area contributed by atoms with Gasteiger partial charge < -0.3 is 29.7 Å². The number of likely N-dealkylation sites (N-methyl/N-ethyl adjacent to an activating group) is 1. The summed E-state index contributed by atoms with van der Waals surface area (Å²) in [5, 5.41) is 13.9. The molecule has 2 aliphatic rings. The van der Waals surface area contributed by atoms with Crippen molar-refractivity contribution in [3.8, 4) is 11.5 Å². The predicted molar refractivity (Wildman–Crippen MR) is 126 cm³/mol. The van der Waals surface area contributed by atoms with Gasteiger partial charge in [0.1, 0.15) is 12.7 Å². The number of rotatable bonds is 13. The van der Waals surface area contributed by atoms with E-state index in [0.29, 0.717) is 30.5 Å². The first-order valence-electron chi connectivity index (χ1n) is 12.2. The molecule has 3 rings (SSSR count). The van der Waals surface area contributed by atoms with E-state index in [1.165, 1.54) is 32.1 Å². The van der Waals surface area contributed by atoms with Crippen LogP contribution in [0.3, 0.4) is 0 Å². The van der Waals surface area contributed by atoms with E-state index in [1.54, 1.807) is 7.11 Å². The Morgan fingerprint density at radius 2 is 2.03 bits per heavy atom. The van der Waals surface area contributed by atoms with Crippen LogP contribution in [0.25, 0.3) is 0 Å². The molecular weight excluding hydrogens is 406 g/mol. The van der Waals surface area contributed by atoms with Gasteiger partial charge in [0, 0.05) is 38.6 Å². The van der Waals surface area contributed by atoms with E-state index < -0.39 is 6.10 Å². The molecule has 2 fully saturated rings. The number of nitrogens with one attached hydrogen (secondary N) is 1. The van der Waals surface area contributed by atoms with E-state index in [9.17, 15) is 9.90 Å². The van der Waals surface area contributed by atoms with Crippen molar-refractivity contribution in [3.05, 3.63) is 23.8 Å². The minimum Gasteiger partial charge on any atom is -0.493 e. The highest BCUT2D eigenvalue weighted by molar-refractivity contribution is 5.77. The van der Waals surface area contributed by atoms with E-state index in [-0.39, 0.29) is 12.5 Å². The molecule has 32 heavy (non-hydrogen) atoms. The maximum absolute atomic E-state index is 11.6. The summed E-state index contributed by atoms with van der Waals surface area (Å²) in [6, 6.07) is 6.49. The van der Waals surface area contributed by atoms with Crippen molar-refractivity contribution in [2.45, 2.75) is 70.1 Å². The molecular formula is C25H41N3O4. The molecule has 1 aliphatic carbocycles. The first-order chi connectivity index (χ1) is 15.6. The fourth-order valence-corrected chi connectivity index (χ4v) is 4.75. The van der Waals surface area contributed by atoms with Crippen molar-refractivity contribution in [1.29, 1.82) is 0 Å². The molecule has 1 atom stereocenters. The Labute approximate surface area is 193 Å². The molecule has 1 saturated carbocycles. The van der Waals surface area contributed by atoms with E-state index in [1.807, 2.05) is 23.1 Å². The van der Waals surface area contributed by atoms with Crippen molar-refractivity contribution in [1.82, 2.24) is 15.1 Å². The topological polar surface area (TPSA) is 74.3 Å². The number of benzene rings is 1. The highest BCUT2D eigenvalue weighted by Crippen LogP contribution is 2.28. The molecule has 1 unspecified atom stereocenters. The van der Waals surface area contributed by atoms with E-state index >= 15 is 0 Å². The predicted octanol–water partition coefficient (Wildman–Crippen LogP) is 2.80. The van der Waals surface area contributed by atoms with Crippen LogP contribution in [0.1, 0.15) is 56.9 Å². The molecule has 7 nitrogen and oxygen atoms in total. The quantitative estimate of drug-likeness (QED) is 0.453. The van der Waals surface area contributed by atoms with Crippen LogP contribution in [-0.4, -0.2) is 79.9 Å². The average Bonchev–Trinajstić information content (AvgIpc) is 3.22. The zero-order chi connectivity index (χ0) is 22.8. The number of likely N-dealkylation sites (tertiary alicyclic amines) is 1. The molecule has 180 valence electrons. The molecule has 1 saturated heterocycles. The van der Waals surface area contributed by atoms with Gasteiger partial charge in [-0.3, -0.25) is 4.79 Å². The Kier molecular flexibility index (Phi) is 10.1. The third-order valence-electron chi connectivity index (χ3n) is 6.64. The third kappa shape index (κ3) is 7.64. The molecule has 0 aromatic heterocycles. The van der Waals surface area contributed by atoms with E-state index in [0.717, 1.165) is 44.6 Å². The number of amides is 1. The van der Waals surface area contributed by atoms with Gasteiger partial charge in [-0.2, -0.15) is 0 Å². The smallest absolute Gasteiger partial charge is 0.222 e. The lowest BCUT2D eigenvalue weighted by Gasteiger charge is -2.32. The van der Waals surface area contributed by atoms with E-state index in [4.69, 9.17) is 9.47 Å². The second kappa shape index (κ2) is 13.0. The summed E-state index contributed by atoms with van der Waals surface area (Å²) >= 11 is 0. The van der Waals surface area contributed by atoms with Gasteiger partial charge in [-0.05, 0) is 57.0 Å². The van der Waals surface area contributed by atoms with Crippen LogP contribution in [0.15, 0.2) is 18.2 Å². The molecule has 2 N–H and O–H groups in total. The number of hydrogen-bond donors (Lipinski definition) is 2. The molecule has 1 aromatic carbocycles. The van der Waals surface area contributed by atoms with Crippen LogP contribution in [0.4, 0.5) is 0 Å². The minimum atomic E-state index is -0.532. The highest BCUT2D eigenvalue weighted by atomic mass is 16.5. The molecule has 1 heterocycles. The van der Waals surface area contributed by atoms with Crippen molar-refractivity contribution < 1.29 is 19.4 Å². The molecule has 1 aliphatic heterocycles. The SMILES string of the molecule is COc1cc(CNCCCN2CCCC2=O)ccc1OCC(O)CN(C)C1CCCCC1. The zero-order valence-electron chi connectivity index (χ0n) is 19.9. The second-order valence-corrected chi connectivity index (χ2v) is 9.20. The summed E-state index contributed by atoms with van der Waals surface area (Å²) < 4.78 is 11.4. The van der Waals surface area contributed by atoms with E-state index in [2.05, 4.69) is 17.3 Å². The first kappa shape index (κ1) is 24.8. The van der Waals surface area contributed by atoms with Crippen LogP contribution in [-0.2, 0) is 11.3 Å². The first-order valence-corrected chi connectivity index (χ1v) is 12.2. The lowest BCUT2D eigenvalue weighted by molar-refractivity contribution is -0.127. The summed E-state index contributed by atoms with van der Waals surface area (Å²) in [4.78, 5) is 15.9. The van der Waals surface area contributed by atoms with Gasteiger partial charge in [0.15, 0.2) is 11.5 Å². The molecule has 1 aromatic rings. The fourth-order valence-electron chi connectivity index (χ4n) is 4.75. The van der Waals surface area contributed by atoms with Gasteiger partial charge in [-0.15, -0.1) is 0 Å². The van der Waals surface area contributed by atoms with Crippen LogP contribution in [0.5, 0.6) is 11.5 Å². The van der Waals surface area contributed by atoms with Crippen molar-refractivity contribution in [2.24, 2.45) is 0 Å². The van der Waals surface area contributed by atoms with Crippen molar-refractivity contribution in [2.75, 3.05) is 46.9 Å². The van der Waals surface area contributed by atoms with Crippen LogP contribution in [0.2, 0.25) is 0 Å². The average molecular weight is 448 g/mol. The maximum atomic E-state index is 11.6. The summed E-state index contributed by atoms with van der Waals surface area (Å²) in [6.45, 7) is 4.21. The maximum Gasteiger partial charge on any atom is 0.222 e. The molecule has 0 spiro atoms. The number of aliphatic hydroxyl groups is 1. The Morgan fingerprint density at radius 1 is 1.22 bits per heavy atom. The number of nitrogens with zero attached hydrogens (tertiary/aromatic N) is 2. The minimum absolute atomic E-state index is 0.250. The number of carbonyl (C=O) groups is 1. The zero-order valence-corrected chi connectivity index (χ0v) is 19.9. The standard InChI is InChI=1S/C25H41N3O4/c1-27(21-8-4-3-5-9-21)18-22(29)19-32-23-12-11-20(16-24(23)31-2)17-26-13-7-15-28-14-6-10-25(28)30/h11-12,16,21-22,26,29H,3-10,13-15,17-19H2,1-2H3. The molecule has 1 amide bonds. The largest absolute Gasteiger partial charge is 0.493 e. The van der Waals surface area contributed by atoms with Gasteiger partial charge in [0.2, 0.25) is 5.91 Å². The lowest BCUT2D eigenvalue weighted by Crippen LogP contribution is -2.40. The Bertz CT molecular complexity index is 708. The lowest BCUT2D eigenvalue weighted by atomic mass is 9.94. The summed E-state index contributed by atoms with van der Waals surface area (Å²) in [7, 11) is 3.74. The van der Waals surface area contributed by atoms with Gasteiger partial charge >= 0.3 is 0 Å². The molecule has 7 heteroatoms. The number of aliphatic hydroxyl groups excluding tert-OH is 1. The van der Waals surface area contributed by atoms with Crippen LogP contribution >= 0.6 is 0 Å². The monoisotopic (exact) mass is 447 g/mol. The number of ether oxygens (including phenoxy) is 2. The number of carbonyl (C=O) groups excluding carboxylic acids is 1. The summed E-state index contributed by atoms with van der Waals surface area (Å²) in [6.07, 6.45) is 8.49. The highest BCUT2D eigenvalue weighted by Gasteiger charge is 2.21. The molecule has 0 radical (unpaired) electrons. The number of hydrogen-bond acceptors (Lipinski definition) is 6. The van der Waals surface area contributed by atoms with Gasteiger partial charge in [0.25, 0.3) is 0 Å². The second-order valence-electron chi connectivity index (χ2n) is 9.20. The molecule has 0 bridgehead atoms.